The molecular weight excluding hydrogens is 332 g/mol. The first-order valence-corrected chi connectivity index (χ1v) is 11.2. The maximum atomic E-state index is 10.9. The molecule has 0 heterocycles. The highest BCUT2D eigenvalue weighted by Crippen LogP contribution is 2.08. The Hall–Kier alpha value is -1.31. The molecule has 0 saturated carbocycles. The van der Waals surface area contributed by atoms with E-state index in [1.165, 1.54) is 58.5 Å². The van der Waals surface area contributed by atoms with Crippen LogP contribution in [0.25, 0.3) is 0 Å². The minimum atomic E-state index is -0.0869. The SMILES string of the molecule is CC/C=C\C/C=C\C/C=C\CCCCCCCC(=O)OC.CCCCCC. The molecule has 2 heteroatoms. The Morgan fingerprint density at radius 2 is 1.19 bits per heavy atom. The van der Waals surface area contributed by atoms with E-state index in [0.29, 0.717) is 6.42 Å². The summed E-state index contributed by atoms with van der Waals surface area (Å²) in [6.07, 6.45) is 29.7. The molecule has 0 aromatic heterocycles. The zero-order chi connectivity index (χ0) is 20.4. The molecule has 0 saturated heterocycles. The number of unbranched alkanes of at least 4 members (excludes halogenated alkanes) is 8. The van der Waals surface area contributed by atoms with E-state index in [9.17, 15) is 4.79 Å². The highest BCUT2D eigenvalue weighted by molar-refractivity contribution is 5.68. The molecule has 0 N–H and O–H groups in total. The van der Waals surface area contributed by atoms with Crippen molar-refractivity contribution in [1.82, 2.24) is 0 Å². The number of hydrogen-bond acceptors (Lipinski definition) is 2. The average Bonchev–Trinajstić information content (AvgIpc) is 2.69. The summed E-state index contributed by atoms with van der Waals surface area (Å²) in [5.74, 6) is -0.0869. The Morgan fingerprint density at radius 1 is 0.667 bits per heavy atom. The largest absolute Gasteiger partial charge is 0.469 e. The van der Waals surface area contributed by atoms with E-state index in [0.717, 1.165) is 32.1 Å². The minimum Gasteiger partial charge on any atom is -0.469 e. The van der Waals surface area contributed by atoms with Crippen molar-refractivity contribution in [2.75, 3.05) is 7.11 Å². The van der Waals surface area contributed by atoms with Crippen LogP contribution in [0, 0.1) is 0 Å². The molecule has 0 aromatic carbocycles. The first-order valence-electron chi connectivity index (χ1n) is 11.2. The van der Waals surface area contributed by atoms with Crippen molar-refractivity contribution in [3.8, 4) is 0 Å². The standard InChI is InChI=1S/C19H32O2.C6H14/c1-3-4-5-6-7-8-9-10-11-12-13-14-15-16-17-18-19(20)21-2;1-3-5-6-4-2/h4-5,7-8,10-11H,3,6,9,12-18H2,1-2H3;3-6H2,1-2H3/b5-4-,8-7-,11-10-;. The van der Waals surface area contributed by atoms with E-state index in [4.69, 9.17) is 0 Å². The van der Waals surface area contributed by atoms with Crippen LogP contribution in [0.3, 0.4) is 0 Å². The first kappa shape index (κ1) is 27.9. The van der Waals surface area contributed by atoms with Crippen LogP contribution in [0.15, 0.2) is 36.5 Å². The van der Waals surface area contributed by atoms with Crippen LogP contribution < -0.4 is 0 Å². The molecule has 0 spiro atoms. The topological polar surface area (TPSA) is 26.3 Å². The molecule has 0 unspecified atom stereocenters. The zero-order valence-electron chi connectivity index (χ0n) is 18.7. The second-order valence-electron chi connectivity index (χ2n) is 6.88. The van der Waals surface area contributed by atoms with Crippen LogP contribution in [0.1, 0.15) is 111 Å². The van der Waals surface area contributed by atoms with Gasteiger partial charge in [-0.3, -0.25) is 4.79 Å². The van der Waals surface area contributed by atoms with Gasteiger partial charge in [0.25, 0.3) is 0 Å². The predicted molar refractivity (Wildman–Crippen MR) is 121 cm³/mol. The molecule has 0 amide bonds. The number of methoxy groups -OCH3 is 1. The van der Waals surface area contributed by atoms with Gasteiger partial charge in [-0.25, -0.2) is 0 Å². The van der Waals surface area contributed by atoms with Gasteiger partial charge in [0, 0.05) is 6.42 Å². The van der Waals surface area contributed by atoms with E-state index in [1.807, 2.05) is 0 Å². The lowest BCUT2D eigenvalue weighted by Crippen LogP contribution is -1.98. The number of carbonyl (C=O) groups is 1. The molecule has 0 atom stereocenters. The van der Waals surface area contributed by atoms with Crippen LogP contribution in [0.2, 0.25) is 0 Å². The van der Waals surface area contributed by atoms with Crippen molar-refractivity contribution in [3.05, 3.63) is 36.5 Å². The molecule has 0 bridgehead atoms. The van der Waals surface area contributed by atoms with Gasteiger partial charge in [-0.2, -0.15) is 0 Å². The maximum absolute atomic E-state index is 10.9. The molecule has 0 aliphatic rings. The van der Waals surface area contributed by atoms with Crippen LogP contribution in [-0.2, 0) is 9.53 Å². The molecule has 0 aliphatic carbocycles. The van der Waals surface area contributed by atoms with Crippen molar-refractivity contribution >= 4 is 5.97 Å². The van der Waals surface area contributed by atoms with Crippen LogP contribution in [-0.4, -0.2) is 13.1 Å². The summed E-state index contributed by atoms with van der Waals surface area (Å²) in [6, 6.07) is 0. The Bertz CT molecular complexity index is 363. The highest BCUT2D eigenvalue weighted by Gasteiger charge is 1.98. The number of allylic oxidation sites excluding steroid dienone is 6. The summed E-state index contributed by atoms with van der Waals surface area (Å²) in [7, 11) is 1.45. The van der Waals surface area contributed by atoms with E-state index < -0.39 is 0 Å². The molecular formula is C25H46O2. The molecule has 27 heavy (non-hydrogen) atoms. The molecule has 0 radical (unpaired) electrons. The molecule has 0 fully saturated rings. The third kappa shape index (κ3) is 29.7. The van der Waals surface area contributed by atoms with E-state index in [2.05, 4.69) is 62.0 Å². The number of carbonyl (C=O) groups excluding carboxylic acids is 1. The monoisotopic (exact) mass is 378 g/mol. The smallest absolute Gasteiger partial charge is 0.305 e. The van der Waals surface area contributed by atoms with Gasteiger partial charge in [-0.15, -0.1) is 0 Å². The van der Waals surface area contributed by atoms with Crippen LogP contribution in [0.5, 0.6) is 0 Å². The fraction of sp³-hybridized carbons (Fsp3) is 0.720. The fourth-order valence-corrected chi connectivity index (χ4v) is 2.49. The first-order chi connectivity index (χ1) is 13.2. The lowest BCUT2D eigenvalue weighted by atomic mass is 10.1. The number of hydrogen-bond donors (Lipinski definition) is 0. The van der Waals surface area contributed by atoms with E-state index >= 15 is 0 Å². The van der Waals surface area contributed by atoms with Gasteiger partial charge in [0.15, 0.2) is 0 Å². The summed E-state index contributed by atoms with van der Waals surface area (Å²) in [5, 5.41) is 0. The molecule has 2 nitrogen and oxygen atoms in total. The summed E-state index contributed by atoms with van der Waals surface area (Å²) >= 11 is 0. The van der Waals surface area contributed by atoms with E-state index in [-0.39, 0.29) is 5.97 Å². The van der Waals surface area contributed by atoms with Gasteiger partial charge in [0.2, 0.25) is 0 Å². The second-order valence-corrected chi connectivity index (χ2v) is 6.88. The molecule has 158 valence electrons. The summed E-state index contributed by atoms with van der Waals surface area (Å²) < 4.78 is 4.61. The summed E-state index contributed by atoms with van der Waals surface area (Å²) in [5.41, 5.74) is 0. The Labute approximate surface area is 170 Å². The number of rotatable bonds is 16. The third-order valence-electron chi connectivity index (χ3n) is 4.22. The van der Waals surface area contributed by atoms with Crippen molar-refractivity contribution in [1.29, 1.82) is 0 Å². The van der Waals surface area contributed by atoms with Crippen LogP contribution >= 0.6 is 0 Å². The van der Waals surface area contributed by atoms with Gasteiger partial charge in [0.1, 0.15) is 0 Å². The van der Waals surface area contributed by atoms with Gasteiger partial charge in [0.05, 0.1) is 7.11 Å². The zero-order valence-corrected chi connectivity index (χ0v) is 18.7. The van der Waals surface area contributed by atoms with Gasteiger partial charge in [-0.05, 0) is 38.5 Å². The predicted octanol–water partition coefficient (Wildman–Crippen LogP) is 8.34. The summed E-state index contributed by atoms with van der Waals surface area (Å²) in [4.78, 5) is 10.9. The Kier molecular flexibility index (Phi) is 27.8. The van der Waals surface area contributed by atoms with Gasteiger partial charge >= 0.3 is 5.97 Å². The van der Waals surface area contributed by atoms with Gasteiger partial charge in [-0.1, -0.05) is 102 Å². The van der Waals surface area contributed by atoms with Crippen molar-refractivity contribution in [2.24, 2.45) is 0 Å². The van der Waals surface area contributed by atoms with Crippen molar-refractivity contribution in [2.45, 2.75) is 111 Å². The number of esters is 1. The quantitative estimate of drug-likeness (QED) is 0.153. The molecule has 0 aromatic rings. The van der Waals surface area contributed by atoms with Crippen molar-refractivity contribution < 1.29 is 9.53 Å². The lowest BCUT2D eigenvalue weighted by Gasteiger charge is -1.99. The lowest BCUT2D eigenvalue weighted by molar-refractivity contribution is -0.140. The van der Waals surface area contributed by atoms with Crippen LogP contribution in [0.4, 0.5) is 0 Å². The highest BCUT2D eigenvalue weighted by atomic mass is 16.5. The number of ether oxygens (including phenoxy) is 1. The molecule has 0 rings (SSSR count). The third-order valence-corrected chi connectivity index (χ3v) is 4.22. The normalized spacial score (nSPS) is 11.3. The minimum absolute atomic E-state index is 0.0869. The second kappa shape index (κ2) is 26.9. The molecule has 0 aliphatic heterocycles. The summed E-state index contributed by atoms with van der Waals surface area (Å²) in [6.45, 7) is 6.62. The fourth-order valence-electron chi connectivity index (χ4n) is 2.49. The maximum Gasteiger partial charge on any atom is 0.305 e. The van der Waals surface area contributed by atoms with Crippen molar-refractivity contribution in [3.63, 3.8) is 0 Å². The average molecular weight is 379 g/mol. The van der Waals surface area contributed by atoms with E-state index in [1.54, 1.807) is 0 Å². The Balaban J connectivity index is 0. The Morgan fingerprint density at radius 3 is 1.74 bits per heavy atom. The van der Waals surface area contributed by atoms with Gasteiger partial charge < -0.3 is 4.74 Å².